The molecule has 1 heteroatoms. The molecule has 0 bridgehead atoms. The molecule has 0 aliphatic carbocycles. The van der Waals surface area contributed by atoms with Crippen LogP contribution in [0.1, 0.15) is 23.1 Å². The molecule has 0 fully saturated rings. The van der Waals surface area contributed by atoms with Crippen LogP contribution in [0.3, 0.4) is 0 Å². The number of rotatable bonds is 6. The molecule has 2 N–H and O–H groups in total. The second-order valence-corrected chi connectivity index (χ2v) is 6.04. The van der Waals surface area contributed by atoms with Gasteiger partial charge in [0.2, 0.25) is 0 Å². The number of allylic oxidation sites excluding steroid dienone is 1. The largest absolute Gasteiger partial charge is 0.329 e. The lowest BCUT2D eigenvalue weighted by Gasteiger charge is -2.33. The third-order valence-corrected chi connectivity index (χ3v) is 4.58. The number of hydrogen-bond donors (Lipinski definition) is 1. The Hall–Kier alpha value is -2.64. The van der Waals surface area contributed by atoms with Gasteiger partial charge in [-0.25, -0.2) is 0 Å². The molecule has 0 aliphatic rings. The first kappa shape index (κ1) is 16.2. The molecule has 0 unspecified atom stereocenters. The van der Waals surface area contributed by atoms with Crippen molar-refractivity contribution in [2.75, 3.05) is 6.54 Å². The van der Waals surface area contributed by atoms with Gasteiger partial charge in [-0.15, -0.1) is 0 Å². The van der Waals surface area contributed by atoms with E-state index in [2.05, 4.69) is 97.1 Å². The van der Waals surface area contributed by atoms with Gasteiger partial charge >= 0.3 is 0 Å². The van der Waals surface area contributed by atoms with Crippen LogP contribution in [0, 0.1) is 0 Å². The topological polar surface area (TPSA) is 26.0 Å². The molecule has 3 aromatic carbocycles. The van der Waals surface area contributed by atoms with E-state index in [-0.39, 0.29) is 5.41 Å². The molecular weight excluding hydrogens is 290 g/mol. The Morgan fingerprint density at radius 2 is 1.12 bits per heavy atom. The molecule has 24 heavy (non-hydrogen) atoms. The van der Waals surface area contributed by atoms with Crippen molar-refractivity contribution in [2.24, 2.45) is 5.73 Å². The quantitative estimate of drug-likeness (QED) is 0.678. The third-order valence-electron chi connectivity index (χ3n) is 4.58. The van der Waals surface area contributed by atoms with Crippen molar-refractivity contribution in [3.8, 4) is 0 Å². The summed E-state index contributed by atoms with van der Waals surface area (Å²) in [6.07, 6.45) is 5.28. The molecule has 0 aromatic heterocycles. The van der Waals surface area contributed by atoms with Gasteiger partial charge in [0.25, 0.3) is 0 Å². The molecule has 0 radical (unpaired) electrons. The van der Waals surface area contributed by atoms with Crippen LogP contribution < -0.4 is 5.73 Å². The Morgan fingerprint density at radius 1 is 0.667 bits per heavy atom. The summed E-state index contributed by atoms with van der Waals surface area (Å²) >= 11 is 0. The molecule has 0 amide bonds. The first-order valence-electron chi connectivity index (χ1n) is 8.38. The van der Waals surface area contributed by atoms with Gasteiger partial charge in [-0.1, -0.05) is 103 Å². The monoisotopic (exact) mass is 313 g/mol. The highest BCUT2D eigenvalue weighted by Crippen LogP contribution is 2.35. The first-order valence-corrected chi connectivity index (χ1v) is 8.38. The number of nitrogens with two attached hydrogens (primary N) is 1. The van der Waals surface area contributed by atoms with Gasteiger partial charge in [0.1, 0.15) is 0 Å². The van der Waals surface area contributed by atoms with Crippen LogP contribution >= 0.6 is 0 Å². The smallest absolute Gasteiger partial charge is 0.0359 e. The van der Waals surface area contributed by atoms with Crippen LogP contribution in [0.4, 0.5) is 0 Å². The van der Waals surface area contributed by atoms with Gasteiger partial charge < -0.3 is 5.73 Å². The van der Waals surface area contributed by atoms with E-state index < -0.39 is 0 Å². The van der Waals surface area contributed by atoms with Crippen molar-refractivity contribution in [1.29, 1.82) is 0 Å². The summed E-state index contributed by atoms with van der Waals surface area (Å²) in [5.41, 5.74) is 9.85. The summed E-state index contributed by atoms with van der Waals surface area (Å²) in [6.45, 7) is 0.570. The van der Waals surface area contributed by atoms with Crippen molar-refractivity contribution in [3.63, 3.8) is 0 Å². The van der Waals surface area contributed by atoms with Crippen molar-refractivity contribution < 1.29 is 0 Å². The normalized spacial score (nSPS) is 11.7. The lowest BCUT2D eigenvalue weighted by molar-refractivity contribution is 0.534. The fraction of sp³-hybridized carbons (Fsp3) is 0.130. The molecule has 0 heterocycles. The van der Waals surface area contributed by atoms with Crippen LogP contribution in [0.25, 0.3) is 6.08 Å². The Kier molecular flexibility index (Phi) is 5.25. The lowest BCUT2D eigenvalue weighted by Crippen LogP contribution is -2.36. The van der Waals surface area contributed by atoms with Crippen LogP contribution in [0.15, 0.2) is 97.1 Å². The van der Waals surface area contributed by atoms with Gasteiger partial charge in [-0.3, -0.25) is 0 Å². The molecule has 0 spiro atoms. The maximum Gasteiger partial charge on any atom is 0.0359 e. The van der Waals surface area contributed by atoms with Crippen LogP contribution in [0.5, 0.6) is 0 Å². The van der Waals surface area contributed by atoms with Gasteiger partial charge in [0.05, 0.1) is 0 Å². The van der Waals surface area contributed by atoms with Crippen molar-refractivity contribution >= 4 is 6.08 Å². The number of benzene rings is 3. The highest BCUT2D eigenvalue weighted by Gasteiger charge is 2.31. The Labute approximate surface area is 144 Å². The van der Waals surface area contributed by atoms with E-state index >= 15 is 0 Å². The Morgan fingerprint density at radius 3 is 1.58 bits per heavy atom. The van der Waals surface area contributed by atoms with Gasteiger partial charge in [-0.2, -0.15) is 0 Å². The zero-order valence-corrected chi connectivity index (χ0v) is 13.8. The van der Waals surface area contributed by atoms with E-state index in [0.717, 1.165) is 6.42 Å². The molecule has 0 aliphatic heterocycles. The minimum atomic E-state index is -0.201. The van der Waals surface area contributed by atoms with E-state index in [1.54, 1.807) is 0 Å². The molecule has 0 atom stereocenters. The SMILES string of the molecule is NCC(C/C=C\c1ccccc1)(c1ccccc1)c1ccccc1. The Balaban J connectivity index is 1.97. The molecule has 120 valence electrons. The van der Waals surface area contributed by atoms with Crippen molar-refractivity contribution in [3.05, 3.63) is 114 Å². The second-order valence-electron chi connectivity index (χ2n) is 6.04. The Bertz CT molecular complexity index is 721. The second kappa shape index (κ2) is 7.76. The van der Waals surface area contributed by atoms with Crippen LogP contribution in [-0.4, -0.2) is 6.54 Å². The summed E-state index contributed by atoms with van der Waals surface area (Å²) in [4.78, 5) is 0. The number of hydrogen-bond acceptors (Lipinski definition) is 1. The summed E-state index contributed by atoms with van der Waals surface area (Å²) in [7, 11) is 0. The molecule has 1 nitrogen and oxygen atoms in total. The van der Waals surface area contributed by atoms with E-state index in [9.17, 15) is 0 Å². The van der Waals surface area contributed by atoms with E-state index in [0.29, 0.717) is 6.54 Å². The predicted molar refractivity (Wildman–Crippen MR) is 103 cm³/mol. The zero-order valence-electron chi connectivity index (χ0n) is 13.8. The van der Waals surface area contributed by atoms with Crippen molar-refractivity contribution in [2.45, 2.75) is 11.8 Å². The minimum absolute atomic E-state index is 0.201. The zero-order chi connectivity index (χ0) is 16.7. The summed E-state index contributed by atoms with van der Waals surface area (Å²) < 4.78 is 0. The van der Waals surface area contributed by atoms with E-state index in [1.165, 1.54) is 16.7 Å². The van der Waals surface area contributed by atoms with E-state index in [1.807, 2.05) is 6.07 Å². The lowest BCUT2D eigenvalue weighted by atomic mass is 9.72. The summed E-state index contributed by atoms with van der Waals surface area (Å²) in [5.74, 6) is 0. The first-order chi connectivity index (χ1) is 11.8. The maximum atomic E-state index is 6.32. The average Bonchev–Trinajstić information content (AvgIpc) is 2.68. The standard InChI is InChI=1S/C23H23N/c24-19-23(21-14-6-2-7-15-21,22-16-8-3-9-17-22)18-10-13-20-11-4-1-5-12-20/h1-17H,18-19,24H2/b13-10-. The molecular formula is C23H23N. The summed E-state index contributed by atoms with van der Waals surface area (Å²) in [6, 6.07) is 31.5. The maximum absolute atomic E-state index is 6.32. The highest BCUT2D eigenvalue weighted by atomic mass is 14.6. The van der Waals surface area contributed by atoms with Crippen LogP contribution in [0.2, 0.25) is 0 Å². The predicted octanol–water partition coefficient (Wildman–Crippen LogP) is 5.03. The molecule has 3 aromatic rings. The minimum Gasteiger partial charge on any atom is -0.329 e. The van der Waals surface area contributed by atoms with Gasteiger partial charge in [0, 0.05) is 12.0 Å². The molecule has 0 saturated carbocycles. The van der Waals surface area contributed by atoms with Crippen molar-refractivity contribution in [1.82, 2.24) is 0 Å². The highest BCUT2D eigenvalue weighted by molar-refractivity contribution is 5.50. The fourth-order valence-electron chi connectivity index (χ4n) is 3.20. The molecule has 3 rings (SSSR count). The van der Waals surface area contributed by atoms with Crippen LogP contribution in [-0.2, 0) is 5.41 Å². The third kappa shape index (κ3) is 3.47. The summed E-state index contributed by atoms with van der Waals surface area (Å²) in [5, 5.41) is 0. The van der Waals surface area contributed by atoms with Gasteiger partial charge in [-0.05, 0) is 23.1 Å². The molecule has 0 saturated heterocycles. The fourth-order valence-corrected chi connectivity index (χ4v) is 3.20. The van der Waals surface area contributed by atoms with E-state index in [4.69, 9.17) is 5.73 Å². The average molecular weight is 313 g/mol. The van der Waals surface area contributed by atoms with Gasteiger partial charge in [0.15, 0.2) is 0 Å².